The summed E-state index contributed by atoms with van der Waals surface area (Å²) < 4.78 is 0. The van der Waals surface area contributed by atoms with Crippen LogP contribution in [0.2, 0.25) is 0 Å². The molecule has 1 N–H and O–H groups in total. The van der Waals surface area contributed by atoms with Gasteiger partial charge in [0.05, 0.1) is 0 Å². The van der Waals surface area contributed by atoms with Gasteiger partial charge in [-0.2, -0.15) is 0 Å². The number of hydrogen-bond acceptors (Lipinski definition) is 3. The molecule has 0 aliphatic heterocycles. The van der Waals surface area contributed by atoms with Crippen LogP contribution in [0.4, 0.5) is 0 Å². The van der Waals surface area contributed by atoms with E-state index >= 15 is 0 Å². The molecule has 0 atom stereocenters. The van der Waals surface area contributed by atoms with Crippen LogP contribution in [0.25, 0.3) is 11.0 Å². The molecule has 0 unspecified atom stereocenters. The zero-order chi connectivity index (χ0) is 10.3. The monoisotopic (exact) mass is 191 g/mol. The van der Waals surface area contributed by atoms with Crippen molar-refractivity contribution in [2.45, 2.75) is 26.2 Å². The molecular formula is C10H13N3O. The fourth-order valence-electron chi connectivity index (χ4n) is 1.54. The Morgan fingerprint density at radius 3 is 2.64 bits per heavy atom. The van der Waals surface area contributed by atoms with Gasteiger partial charge in [-0.3, -0.25) is 0 Å². The predicted octanol–water partition coefficient (Wildman–Crippen LogP) is 1.97. The highest BCUT2D eigenvalue weighted by atomic mass is 16.5. The summed E-state index contributed by atoms with van der Waals surface area (Å²) in [6.45, 7) is 6.33. The molecule has 2 aromatic rings. The van der Waals surface area contributed by atoms with Crippen molar-refractivity contribution in [2.24, 2.45) is 0 Å². The summed E-state index contributed by atoms with van der Waals surface area (Å²) in [6, 6.07) is 5.71. The smallest absolute Gasteiger partial charge is 0.130 e. The van der Waals surface area contributed by atoms with E-state index in [1.54, 1.807) is 6.07 Å². The van der Waals surface area contributed by atoms with Crippen LogP contribution in [0.5, 0.6) is 0 Å². The average molecular weight is 191 g/mol. The fourth-order valence-corrected chi connectivity index (χ4v) is 1.54. The lowest BCUT2D eigenvalue weighted by atomic mass is 9.86. The quantitative estimate of drug-likeness (QED) is 0.648. The van der Waals surface area contributed by atoms with E-state index in [2.05, 4.69) is 31.1 Å². The maximum atomic E-state index is 9.34. The van der Waals surface area contributed by atoms with E-state index in [1.807, 2.05) is 12.1 Å². The maximum Gasteiger partial charge on any atom is 0.130 e. The van der Waals surface area contributed by atoms with Crippen LogP contribution >= 0.6 is 0 Å². The number of fused-ring (bicyclic) bond motifs is 1. The summed E-state index contributed by atoms with van der Waals surface area (Å²) in [7, 11) is 0. The first-order valence-electron chi connectivity index (χ1n) is 4.54. The molecule has 0 spiro atoms. The molecule has 0 radical (unpaired) electrons. The van der Waals surface area contributed by atoms with E-state index in [0.29, 0.717) is 5.52 Å². The molecular weight excluding hydrogens is 178 g/mol. The van der Waals surface area contributed by atoms with Gasteiger partial charge in [0.25, 0.3) is 0 Å². The Morgan fingerprint density at radius 1 is 1.29 bits per heavy atom. The average Bonchev–Trinajstić information content (AvgIpc) is 2.46. The van der Waals surface area contributed by atoms with Crippen molar-refractivity contribution in [1.82, 2.24) is 15.2 Å². The molecule has 4 nitrogen and oxygen atoms in total. The normalized spacial score (nSPS) is 12.2. The zero-order valence-electron chi connectivity index (χ0n) is 8.52. The molecule has 0 amide bonds. The lowest BCUT2D eigenvalue weighted by molar-refractivity contribution is 0.155. The van der Waals surface area contributed by atoms with Crippen LogP contribution in [-0.2, 0) is 5.41 Å². The predicted molar refractivity (Wildman–Crippen MR) is 53.4 cm³/mol. The Balaban J connectivity index is 2.79. The second kappa shape index (κ2) is 2.70. The van der Waals surface area contributed by atoms with Gasteiger partial charge in [-0.1, -0.05) is 37.7 Å². The first-order chi connectivity index (χ1) is 6.50. The number of aromatic nitrogens is 3. The van der Waals surface area contributed by atoms with Crippen molar-refractivity contribution in [3.8, 4) is 0 Å². The van der Waals surface area contributed by atoms with Crippen LogP contribution in [0.15, 0.2) is 18.2 Å². The van der Waals surface area contributed by atoms with Gasteiger partial charge in [-0.25, -0.2) is 0 Å². The Labute approximate surface area is 82.1 Å². The molecule has 14 heavy (non-hydrogen) atoms. The highest BCUT2D eigenvalue weighted by molar-refractivity contribution is 5.78. The molecule has 1 heterocycles. The van der Waals surface area contributed by atoms with Crippen LogP contribution in [0, 0.1) is 0 Å². The van der Waals surface area contributed by atoms with Gasteiger partial charge < -0.3 is 5.21 Å². The summed E-state index contributed by atoms with van der Waals surface area (Å²) in [4.78, 5) is 0.810. The Hall–Kier alpha value is -1.58. The van der Waals surface area contributed by atoms with Crippen molar-refractivity contribution in [3.05, 3.63) is 23.8 Å². The van der Waals surface area contributed by atoms with E-state index in [9.17, 15) is 5.21 Å². The number of hydrogen-bond donors (Lipinski definition) is 1. The van der Waals surface area contributed by atoms with E-state index < -0.39 is 0 Å². The van der Waals surface area contributed by atoms with E-state index in [-0.39, 0.29) is 5.41 Å². The Bertz CT molecular complexity index is 468. The Kier molecular flexibility index (Phi) is 1.74. The van der Waals surface area contributed by atoms with Crippen LogP contribution in [0.1, 0.15) is 26.3 Å². The molecule has 0 saturated heterocycles. The Morgan fingerprint density at radius 2 is 2.00 bits per heavy atom. The lowest BCUT2D eigenvalue weighted by Crippen LogP contribution is -2.11. The van der Waals surface area contributed by atoms with E-state index in [0.717, 1.165) is 15.9 Å². The molecule has 0 aliphatic rings. The minimum Gasteiger partial charge on any atom is -0.410 e. The third-order valence-corrected chi connectivity index (χ3v) is 2.27. The van der Waals surface area contributed by atoms with Gasteiger partial charge in [0.2, 0.25) is 0 Å². The SMILES string of the molecule is CC(C)(C)c1cccc2c1nnn2O. The number of rotatable bonds is 0. The minimum atomic E-state index is 0.00947. The first-order valence-corrected chi connectivity index (χ1v) is 4.54. The van der Waals surface area contributed by atoms with Crippen LogP contribution < -0.4 is 0 Å². The van der Waals surface area contributed by atoms with Gasteiger partial charge in [0, 0.05) is 0 Å². The standard InChI is InChI=1S/C10H13N3O/c1-10(2,3)7-5-4-6-8-9(7)11-12-13(8)14/h4-6,14H,1-3H3. The topological polar surface area (TPSA) is 50.9 Å². The second-order valence-electron chi connectivity index (χ2n) is 4.40. The molecule has 74 valence electrons. The third kappa shape index (κ3) is 1.23. The molecule has 0 saturated carbocycles. The summed E-state index contributed by atoms with van der Waals surface area (Å²) >= 11 is 0. The van der Waals surface area contributed by atoms with E-state index in [1.165, 1.54) is 0 Å². The molecule has 4 heteroatoms. The van der Waals surface area contributed by atoms with Gasteiger partial charge in [0.15, 0.2) is 0 Å². The van der Waals surface area contributed by atoms with Crippen molar-refractivity contribution >= 4 is 11.0 Å². The van der Waals surface area contributed by atoms with Gasteiger partial charge in [0.1, 0.15) is 11.0 Å². The minimum absolute atomic E-state index is 0.00947. The van der Waals surface area contributed by atoms with Crippen molar-refractivity contribution < 1.29 is 5.21 Å². The zero-order valence-corrected chi connectivity index (χ0v) is 8.52. The third-order valence-electron chi connectivity index (χ3n) is 2.27. The van der Waals surface area contributed by atoms with Crippen molar-refractivity contribution in [2.75, 3.05) is 0 Å². The van der Waals surface area contributed by atoms with Gasteiger partial charge >= 0.3 is 0 Å². The van der Waals surface area contributed by atoms with Crippen LogP contribution in [0.3, 0.4) is 0 Å². The highest BCUT2D eigenvalue weighted by Gasteiger charge is 2.19. The second-order valence-corrected chi connectivity index (χ2v) is 4.40. The highest BCUT2D eigenvalue weighted by Crippen LogP contribution is 2.27. The summed E-state index contributed by atoms with van der Waals surface area (Å²) in [5.74, 6) is 0. The lowest BCUT2D eigenvalue weighted by Gasteiger charge is -2.18. The largest absolute Gasteiger partial charge is 0.410 e. The maximum absolute atomic E-state index is 9.34. The molecule has 0 aliphatic carbocycles. The van der Waals surface area contributed by atoms with Gasteiger partial charge in [-0.05, 0) is 22.3 Å². The fraction of sp³-hybridized carbons (Fsp3) is 0.400. The first kappa shape index (κ1) is 8.99. The van der Waals surface area contributed by atoms with E-state index in [4.69, 9.17) is 0 Å². The molecule has 0 fully saturated rings. The number of nitrogens with zero attached hydrogens (tertiary/aromatic N) is 3. The van der Waals surface area contributed by atoms with Gasteiger partial charge in [-0.15, -0.1) is 5.10 Å². The molecule has 0 bridgehead atoms. The summed E-state index contributed by atoms with van der Waals surface area (Å²) in [5, 5.41) is 16.9. The summed E-state index contributed by atoms with van der Waals surface area (Å²) in [6.07, 6.45) is 0. The molecule has 1 aromatic carbocycles. The molecule has 2 rings (SSSR count). The van der Waals surface area contributed by atoms with Crippen molar-refractivity contribution in [1.29, 1.82) is 0 Å². The van der Waals surface area contributed by atoms with Crippen molar-refractivity contribution in [3.63, 3.8) is 0 Å². The summed E-state index contributed by atoms with van der Waals surface area (Å²) in [5.41, 5.74) is 2.52. The molecule has 1 aromatic heterocycles. The number of benzene rings is 1. The van der Waals surface area contributed by atoms with Crippen LogP contribution in [-0.4, -0.2) is 20.4 Å².